The second-order valence-corrected chi connectivity index (χ2v) is 5.43. The van der Waals surface area contributed by atoms with Gasteiger partial charge in [0, 0.05) is 13.1 Å². The van der Waals surface area contributed by atoms with Crippen molar-refractivity contribution in [3.63, 3.8) is 0 Å². The molecule has 0 radical (unpaired) electrons. The topological polar surface area (TPSA) is 44.4 Å². The minimum absolute atomic E-state index is 0.106. The first-order valence-electron chi connectivity index (χ1n) is 7.32. The van der Waals surface area contributed by atoms with Gasteiger partial charge in [0.15, 0.2) is 0 Å². The summed E-state index contributed by atoms with van der Waals surface area (Å²) in [5.41, 5.74) is -0.106. The number of piperidine rings is 1. The number of nitrogens with zero attached hydrogens (tertiary/aromatic N) is 1. The van der Waals surface area contributed by atoms with Gasteiger partial charge in [-0.3, -0.25) is 4.79 Å². The molecule has 0 aromatic carbocycles. The molecular formula is C14H29N3O. The number of carbonyl (C=O) groups excluding carboxylic acids is 1. The fourth-order valence-electron chi connectivity index (χ4n) is 2.68. The molecule has 1 saturated heterocycles. The number of carbonyl (C=O) groups is 1. The maximum Gasteiger partial charge on any atom is 0.226 e. The van der Waals surface area contributed by atoms with Gasteiger partial charge in [0.1, 0.15) is 0 Å². The van der Waals surface area contributed by atoms with Crippen LogP contribution in [0.25, 0.3) is 0 Å². The van der Waals surface area contributed by atoms with Crippen LogP contribution < -0.4 is 10.6 Å². The highest BCUT2D eigenvalue weighted by Crippen LogP contribution is 2.34. The lowest BCUT2D eigenvalue weighted by atomic mass is 9.74. The molecule has 0 unspecified atom stereocenters. The number of likely N-dealkylation sites (N-methyl/N-ethyl adjacent to an activating group) is 1. The predicted molar refractivity (Wildman–Crippen MR) is 75.6 cm³/mol. The van der Waals surface area contributed by atoms with E-state index in [1.807, 2.05) is 0 Å². The number of hydrogen-bond acceptors (Lipinski definition) is 3. The van der Waals surface area contributed by atoms with E-state index < -0.39 is 0 Å². The fourth-order valence-corrected chi connectivity index (χ4v) is 2.68. The van der Waals surface area contributed by atoms with Gasteiger partial charge in [-0.2, -0.15) is 0 Å². The minimum atomic E-state index is -0.106. The van der Waals surface area contributed by atoms with Gasteiger partial charge in [-0.25, -0.2) is 0 Å². The first-order valence-corrected chi connectivity index (χ1v) is 7.32. The quantitative estimate of drug-likeness (QED) is 0.719. The standard InChI is InChI=1S/C14H29N3O/c1-4-6-14(7-9-15-10-8-14)13(18)16-11-12-17(3)5-2/h15H,4-12H2,1-3H3,(H,16,18). The van der Waals surface area contributed by atoms with Crippen molar-refractivity contribution in [3.05, 3.63) is 0 Å². The van der Waals surface area contributed by atoms with E-state index in [2.05, 4.69) is 36.4 Å². The molecule has 1 aliphatic heterocycles. The van der Waals surface area contributed by atoms with E-state index in [1.165, 1.54) is 0 Å². The van der Waals surface area contributed by atoms with Crippen molar-refractivity contribution in [3.8, 4) is 0 Å². The van der Waals surface area contributed by atoms with Gasteiger partial charge in [0.25, 0.3) is 0 Å². The lowest BCUT2D eigenvalue weighted by Crippen LogP contribution is -2.48. The lowest BCUT2D eigenvalue weighted by molar-refractivity contribution is -0.133. The van der Waals surface area contributed by atoms with Gasteiger partial charge < -0.3 is 15.5 Å². The molecule has 1 fully saturated rings. The van der Waals surface area contributed by atoms with Crippen LogP contribution >= 0.6 is 0 Å². The van der Waals surface area contributed by atoms with Crippen LogP contribution in [0.3, 0.4) is 0 Å². The highest BCUT2D eigenvalue weighted by molar-refractivity contribution is 5.82. The van der Waals surface area contributed by atoms with E-state index in [9.17, 15) is 4.79 Å². The molecule has 0 saturated carbocycles. The van der Waals surface area contributed by atoms with Crippen LogP contribution in [0, 0.1) is 5.41 Å². The van der Waals surface area contributed by atoms with Crippen LogP contribution in [0.15, 0.2) is 0 Å². The first kappa shape index (κ1) is 15.4. The SMILES string of the molecule is CCCC1(C(=O)NCCN(C)CC)CCNCC1. The zero-order chi connectivity index (χ0) is 13.4. The van der Waals surface area contributed by atoms with Gasteiger partial charge in [0.05, 0.1) is 5.41 Å². The number of nitrogens with one attached hydrogen (secondary N) is 2. The van der Waals surface area contributed by atoms with Crippen LogP contribution in [0.2, 0.25) is 0 Å². The van der Waals surface area contributed by atoms with E-state index in [0.717, 1.165) is 58.4 Å². The Balaban J connectivity index is 2.44. The molecule has 1 heterocycles. The Morgan fingerprint density at radius 3 is 2.56 bits per heavy atom. The molecule has 0 aliphatic carbocycles. The van der Waals surface area contributed by atoms with E-state index in [4.69, 9.17) is 0 Å². The zero-order valence-electron chi connectivity index (χ0n) is 12.2. The van der Waals surface area contributed by atoms with Crippen molar-refractivity contribution in [2.45, 2.75) is 39.5 Å². The van der Waals surface area contributed by atoms with Crippen molar-refractivity contribution in [2.24, 2.45) is 5.41 Å². The molecule has 106 valence electrons. The van der Waals surface area contributed by atoms with Crippen molar-refractivity contribution in [1.29, 1.82) is 0 Å². The molecule has 1 aliphatic rings. The second-order valence-electron chi connectivity index (χ2n) is 5.43. The van der Waals surface area contributed by atoms with Crippen LogP contribution in [-0.2, 0) is 4.79 Å². The van der Waals surface area contributed by atoms with E-state index >= 15 is 0 Å². The highest BCUT2D eigenvalue weighted by atomic mass is 16.2. The minimum Gasteiger partial charge on any atom is -0.354 e. The van der Waals surface area contributed by atoms with Gasteiger partial charge in [-0.15, -0.1) is 0 Å². The Morgan fingerprint density at radius 2 is 2.00 bits per heavy atom. The average molecular weight is 255 g/mol. The highest BCUT2D eigenvalue weighted by Gasteiger charge is 2.38. The fraction of sp³-hybridized carbons (Fsp3) is 0.929. The summed E-state index contributed by atoms with van der Waals surface area (Å²) in [4.78, 5) is 14.6. The zero-order valence-corrected chi connectivity index (χ0v) is 12.2. The summed E-state index contributed by atoms with van der Waals surface area (Å²) in [5, 5.41) is 6.48. The normalized spacial score (nSPS) is 18.9. The van der Waals surface area contributed by atoms with E-state index in [1.54, 1.807) is 0 Å². The van der Waals surface area contributed by atoms with Gasteiger partial charge in [-0.05, 0) is 45.9 Å². The van der Waals surface area contributed by atoms with Crippen LogP contribution in [0.1, 0.15) is 39.5 Å². The smallest absolute Gasteiger partial charge is 0.226 e. The molecule has 18 heavy (non-hydrogen) atoms. The van der Waals surface area contributed by atoms with Crippen molar-refractivity contribution < 1.29 is 4.79 Å². The van der Waals surface area contributed by atoms with Gasteiger partial charge in [-0.1, -0.05) is 20.3 Å². The molecule has 2 N–H and O–H groups in total. The molecule has 4 heteroatoms. The molecule has 0 aromatic heterocycles. The molecule has 0 atom stereocenters. The molecular weight excluding hydrogens is 226 g/mol. The number of rotatable bonds is 7. The summed E-state index contributed by atoms with van der Waals surface area (Å²) in [6.07, 6.45) is 4.07. The van der Waals surface area contributed by atoms with E-state index in [0.29, 0.717) is 0 Å². The summed E-state index contributed by atoms with van der Waals surface area (Å²) in [6.45, 7) is 8.98. The molecule has 0 aromatic rings. The predicted octanol–water partition coefficient (Wildman–Crippen LogP) is 1.22. The largest absolute Gasteiger partial charge is 0.354 e. The average Bonchev–Trinajstić information content (AvgIpc) is 2.39. The third-order valence-electron chi connectivity index (χ3n) is 4.09. The Labute approximate surface area is 111 Å². The van der Waals surface area contributed by atoms with E-state index in [-0.39, 0.29) is 11.3 Å². The lowest BCUT2D eigenvalue weighted by Gasteiger charge is -2.36. The third kappa shape index (κ3) is 4.25. The maximum absolute atomic E-state index is 12.4. The van der Waals surface area contributed by atoms with Crippen molar-refractivity contribution in [1.82, 2.24) is 15.5 Å². The molecule has 0 bridgehead atoms. The number of amides is 1. The van der Waals surface area contributed by atoms with Crippen molar-refractivity contribution in [2.75, 3.05) is 39.8 Å². The summed E-state index contributed by atoms with van der Waals surface area (Å²) < 4.78 is 0. The van der Waals surface area contributed by atoms with Gasteiger partial charge in [0.2, 0.25) is 5.91 Å². The molecule has 0 spiro atoms. The number of hydrogen-bond donors (Lipinski definition) is 2. The monoisotopic (exact) mass is 255 g/mol. The van der Waals surface area contributed by atoms with Crippen LogP contribution in [0.5, 0.6) is 0 Å². The Hall–Kier alpha value is -0.610. The Kier molecular flexibility index (Phi) is 6.65. The van der Waals surface area contributed by atoms with Gasteiger partial charge >= 0.3 is 0 Å². The third-order valence-corrected chi connectivity index (χ3v) is 4.09. The molecule has 1 amide bonds. The van der Waals surface area contributed by atoms with Crippen molar-refractivity contribution >= 4 is 5.91 Å². The second kappa shape index (κ2) is 7.74. The van der Waals surface area contributed by atoms with Crippen LogP contribution in [0.4, 0.5) is 0 Å². The maximum atomic E-state index is 12.4. The first-order chi connectivity index (χ1) is 8.64. The Morgan fingerprint density at radius 1 is 1.33 bits per heavy atom. The molecule has 4 nitrogen and oxygen atoms in total. The van der Waals surface area contributed by atoms with Crippen LogP contribution in [-0.4, -0.2) is 50.6 Å². The summed E-state index contributed by atoms with van der Waals surface area (Å²) >= 11 is 0. The summed E-state index contributed by atoms with van der Waals surface area (Å²) in [7, 11) is 2.08. The summed E-state index contributed by atoms with van der Waals surface area (Å²) in [6, 6.07) is 0. The summed E-state index contributed by atoms with van der Waals surface area (Å²) in [5.74, 6) is 0.273. The Bertz CT molecular complexity index is 244. The molecule has 1 rings (SSSR count).